The molecule has 7 rings (SSSR count). The van der Waals surface area contributed by atoms with Crippen molar-refractivity contribution in [1.29, 1.82) is 0 Å². The maximum atomic E-state index is 6.85. The van der Waals surface area contributed by atoms with Gasteiger partial charge in [-0.3, -0.25) is 0 Å². The fourth-order valence-corrected chi connectivity index (χ4v) is 5.47. The smallest absolute Gasteiger partial charge is 0.372 e. The molecule has 2 heterocycles. The van der Waals surface area contributed by atoms with E-state index in [-0.39, 0.29) is 0 Å². The fraction of sp³-hybridized carbons (Fsp3) is 0.147. The number of hydrogen-bond acceptors (Lipinski definition) is 3. The van der Waals surface area contributed by atoms with Gasteiger partial charge in [0, 0.05) is 21.9 Å². The molecule has 0 saturated carbocycles. The van der Waals surface area contributed by atoms with Gasteiger partial charge >= 0.3 is 5.89 Å². The zero-order valence-electron chi connectivity index (χ0n) is 22.1. The van der Waals surface area contributed by atoms with Crippen molar-refractivity contribution in [2.75, 3.05) is 5.32 Å². The average Bonchev–Trinajstić information content (AvgIpc) is 3.61. The highest BCUT2D eigenvalue weighted by molar-refractivity contribution is 6.32. The summed E-state index contributed by atoms with van der Waals surface area (Å²) in [6.07, 6.45) is 11.0. The van der Waals surface area contributed by atoms with E-state index in [0.717, 1.165) is 79.5 Å². The van der Waals surface area contributed by atoms with Crippen molar-refractivity contribution in [1.82, 2.24) is 0 Å². The predicted molar refractivity (Wildman–Crippen MR) is 162 cm³/mol. The minimum Gasteiger partial charge on any atom is -0.438 e. The molecule has 5 aromatic rings. The molecule has 1 aliphatic carbocycles. The minimum absolute atomic E-state index is 0.704. The monoisotopic (exact) mass is 533 g/mol. The molecule has 4 nitrogen and oxygen atoms in total. The summed E-state index contributed by atoms with van der Waals surface area (Å²) >= 11 is 6.85. The van der Waals surface area contributed by atoms with Crippen molar-refractivity contribution in [3.63, 3.8) is 0 Å². The molecule has 0 spiro atoms. The summed E-state index contributed by atoms with van der Waals surface area (Å²) in [5.74, 6) is 2.27. The highest BCUT2D eigenvalue weighted by Crippen LogP contribution is 2.40. The molecule has 194 valence electrons. The standard InChI is InChI=1S/C32H23ClN2O2.C2H6/c33-30-22(14-18-28-34-26-16-12-20-6-1-3-10-24(20)31(26)36-28)8-5-9-23(30)15-19-29-35-27-17-13-21-7-2-4-11-25(21)32(27)37-29;1-2/h1-4,6-7,10-19,34H,5,8-9H2;1-2H3/p+1/b19-15+,22-14+,28-18-;. The molecule has 5 heteroatoms. The van der Waals surface area contributed by atoms with Gasteiger partial charge in [-0.05, 0) is 65.5 Å². The van der Waals surface area contributed by atoms with Gasteiger partial charge in [-0.15, -0.1) is 0 Å². The van der Waals surface area contributed by atoms with Crippen LogP contribution in [-0.2, 0) is 0 Å². The fourth-order valence-electron chi connectivity index (χ4n) is 5.15. The Hall–Kier alpha value is -4.28. The zero-order chi connectivity index (χ0) is 26.8. The number of benzene rings is 4. The molecule has 0 radical (unpaired) electrons. The summed E-state index contributed by atoms with van der Waals surface area (Å²) in [5, 5.41) is 8.68. The molecule has 0 unspecified atom stereocenters. The molecule has 0 atom stereocenters. The Morgan fingerprint density at radius 1 is 0.821 bits per heavy atom. The highest BCUT2D eigenvalue weighted by Gasteiger charge is 2.20. The van der Waals surface area contributed by atoms with Gasteiger partial charge in [0.25, 0.3) is 5.52 Å². The lowest BCUT2D eigenvalue weighted by atomic mass is 9.94. The number of ether oxygens (including phenoxy) is 1. The van der Waals surface area contributed by atoms with Crippen LogP contribution >= 0.6 is 11.6 Å². The Balaban J connectivity index is 0.00000135. The number of fused-ring (bicyclic) bond motifs is 6. The van der Waals surface area contributed by atoms with Crippen molar-refractivity contribution >= 4 is 56.0 Å². The Morgan fingerprint density at radius 2 is 1.56 bits per heavy atom. The molecule has 4 aromatic carbocycles. The molecular weight excluding hydrogens is 504 g/mol. The van der Waals surface area contributed by atoms with Crippen LogP contribution in [0.5, 0.6) is 5.75 Å². The van der Waals surface area contributed by atoms with Crippen LogP contribution < -0.4 is 15.0 Å². The van der Waals surface area contributed by atoms with Gasteiger partial charge in [-0.1, -0.05) is 86.1 Å². The number of oxazole rings is 1. The van der Waals surface area contributed by atoms with Crippen LogP contribution in [0.2, 0.25) is 0 Å². The third kappa shape index (κ3) is 4.84. The first-order valence-electron chi connectivity index (χ1n) is 13.5. The van der Waals surface area contributed by atoms with E-state index in [2.05, 4.69) is 71.0 Å². The first-order chi connectivity index (χ1) is 19.2. The van der Waals surface area contributed by atoms with E-state index < -0.39 is 0 Å². The van der Waals surface area contributed by atoms with Crippen molar-refractivity contribution in [3.8, 4) is 5.75 Å². The van der Waals surface area contributed by atoms with E-state index in [1.54, 1.807) is 0 Å². The summed E-state index contributed by atoms with van der Waals surface area (Å²) in [4.78, 5) is 3.37. The number of halogens is 1. The number of nitrogens with one attached hydrogen (secondary N) is 2. The lowest BCUT2D eigenvalue weighted by Gasteiger charge is -2.16. The van der Waals surface area contributed by atoms with Crippen molar-refractivity contribution in [2.24, 2.45) is 0 Å². The number of anilines is 1. The van der Waals surface area contributed by atoms with Crippen LogP contribution in [0.4, 0.5) is 5.69 Å². The Bertz CT molecular complexity index is 1820. The maximum absolute atomic E-state index is 6.85. The second-order valence-corrected chi connectivity index (χ2v) is 9.77. The van der Waals surface area contributed by atoms with E-state index in [4.69, 9.17) is 20.8 Å². The summed E-state index contributed by atoms with van der Waals surface area (Å²) in [6.45, 7) is 4.00. The number of H-pyrrole nitrogens is 1. The lowest BCUT2D eigenvalue weighted by Crippen LogP contribution is -2.02. The topological polar surface area (TPSA) is 48.5 Å². The first-order valence-corrected chi connectivity index (χ1v) is 13.9. The van der Waals surface area contributed by atoms with E-state index in [0.29, 0.717) is 11.8 Å². The highest BCUT2D eigenvalue weighted by atomic mass is 35.5. The third-order valence-electron chi connectivity index (χ3n) is 7.03. The van der Waals surface area contributed by atoms with E-state index in [9.17, 15) is 0 Å². The van der Waals surface area contributed by atoms with Gasteiger partial charge in [0.2, 0.25) is 5.58 Å². The molecule has 0 amide bonds. The van der Waals surface area contributed by atoms with Crippen LogP contribution in [0.3, 0.4) is 0 Å². The molecule has 2 aliphatic rings. The Morgan fingerprint density at radius 3 is 2.41 bits per heavy atom. The molecule has 39 heavy (non-hydrogen) atoms. The molecular formula is C34H30ClN2O2+. The number of aromatic nitrogens is 1. The summed E-state index contributed by atoms with van der Waals surface area (Å²) in [5.41, 5.74) is 5.03. The number of aromatic amines is 1. The van der Waals surface area contributed by atoms with Gasteiger partial charge in [0.15, 0.2) is 11.6 Å². The second-order valence-electron chi connectivity index (χ2n) is 9.39. The molecule has 0 saturated heterocycles. The van der Waals surface area contributed by atoms with E-state index in [1.807, 2.05) is 50.3 Å². The maximum Gasteiger partial charge on any atom is 0.372 e. The van der Waals surface area contributed by atoms with Gasteiger partial charge in [0.05, 0.1) is 11.8 Å². The Kier molecular flexibility index (Phi) is 6.95. The van der Waals surface area contributed by atoms with Crippen LogP contribution in [-0.4, -0.2) is 0 Å². The lowest BCUT2D eigenvalue weighted by molar-refractivity contribution is -0.357. The normalized spacial score (nSPS) is 17.1. The van der Waals surface area contributed by atoms with Gasteiger partial charge in [-0.25, -0.2) is 0 Å². The third-order valence-corrected chi connectivity index (χ3v) is 7.51. The van der Waals surface area contributed by atoms with Crippen LogP contribution in [0.25, 0.3) is 38.7 Å². The van der Waals surface area contributed by atoms with Crippen LogP contribution in [0, 0.1) is 0 Å². The molecule has 1 aliphatic heterocycles. The van der Waals surface area contributed by atoms with Crippen molar-refractivity contribution in [2.45, 2.75) is 33.1 Å². The largest absolute Gasteiger partial charge is 0.438 e. The molecule has 1 aromatic heterocycles. The molecule has 2 N–H and O–H groups in total. The SMILES string of the molecule is CC.ClC1=C(/C=C/c2[nH+]c3ccc4ccccc4c3o2)CCC/C1=C\C=C1\Nc2ccc3ccccc3c2O1. The average molecular weight is 534 g/mol. The summed E-state index contributed by atoms with van der Waals surface area (Å²) in [6, 6.07) is 24.8. The van der Waals surface area contributed by atoms with E-state index >= 15 is 0 Å². The van der Waals surface area contributed by atoms with Gasteiger partial charge in [-0.2, -0.15) is 4.98 Å². The van der Waals surface area contributed by atoms with E-state index in [1.165, 1.54) is 0 Å². The summed E-state index contributed by atoms with van der Waals surface area (Å²) in [7, 11) is 0. The summed E-state index contributed by atoms with van der Waals surface area (Å²) < 4.78 is 12.3. The number of hydrogen-bond donors (Lipinski definition) is 1. The van der Waals surface area contributed by atoms with Crippen LogP contribution in [0.15, 0.2) is 118 Å². The van der Waals surface area contributed by atoms with Gasteiger partial charge in [0.1, 0.15) is 0 Å². The second kappa shape index (κ2) is 10.8. The predicted octanol–water partition coefficient (Wildman–Crippen LogP) is 9.54. The zero-order valence-corrected chi connectivity index (χ0v) is 22.8. The first kappa shape index (κ1) is 25.0. The Labute approximate surface area is 232 Å². The van der Waals surface area contributed by atoms with Crippen molar-refractivity contribution < 1.29 is 14.1 Å². The molecule has 0 bridgehead atoms. The number of rotatable bonds is 3. The minimum atomic E-state index is 0.704. The quantitative estimate of drug-likeness (QED) is 0.251. The van der Waals surface area contributed by atoms with Crippen LogP contribution in [0.1, 0.15) is 39.0 Å². The molecule has 0 fully saturated rings. The number of allylic oxidation sites excluding steroid dienone is 6. The van der Waals surface area contributed by atoms with Crippen molar-refractivity contribution in [3.05, 3.63) is 119 Å². The van der Waals surface area contributed by atoms with Gasteiger partial charge < -0.3 is 14.5 Å².